The van der Waals surface area contributed by atoms with Crippen LogP contribution in [0.5, 0.6) is 0 Å². The molecule has 0 spiro atoms. The maximum atomic E-state index is 14.5. The maximum absolute atomic E-state index is 14.5. The second-order valence-electron chi connectivity index (χ2n) is 9.89. The lowest BCUT2D eigenvalue weighted by molar-refractivity contribution is -0.136. The van der Waals surface area contributed by atoms with Crippen LogP contribution in [-0.2, 0) is 11.0 Å². The Bertz CT molecular complexity index is 1050. The Morgan fingerprint density at radius 3 is 2.32 bits per heavy atom. The Labute approximate surface area is 196 Å². The molecule has 0 unspecified atom stereocenters. The fourth-order valence-electron chi connectivity index (χ4n) is 4.48. The summed E-state index contributed by atoms with van der Waals surface area (Å²) in [6.07, 6.45) is -2.23. The van der Waals surface area contributed by atoms with E-state index < -0.39 is 23.5 Å². The van der Waals surface area contributed by atoms with Crippen LogP contribution < -0.4 is 16.0 Å². The number of alkyl halides is 3. The summed E-state index contributed by atoms with van der Waals surface area (Å²) in [5.41, 5.74) is -1.61. The molecule has 3 N–H and O–H groups in total. The first-order valence-electron chi connectivity index (χ1n) is 10.9. The number of carbonyl (C=O) groups excluding carboxylic acids is 1. The molecule has 1 aliphatic heterocycles. The number of likely N-dealkylation sites (tertiary alicyclic amines) is 1. The molecule has 1 aromatic carbocycles. The first-order valence-corrected chi connectivity index (χ1v) is 10.9. The SMILES string of the molecule is CC(=O)Nc1ccc(Nc2ncc(F)c(NC3CC(C)(C)N(C)C(C)(C)C3)n2)cc1C(F)(F)F. The fourth-order valence-corrected chi connectivity index (χ4v) is 4.48. The summed E-state index contributed by atoms with van der Waals surface area (Å²) in [5.74, 6) is -1.36. The summed E-state index contributed by atoms with van der Waals surface area (Å²) in [4.78, 5) is 21.6. The minimum Gasteiger partial charge on any atom is -0.365 e. The van der Waals surface area contributed by atoms with E-state index in [1.54, 1.807) is 0 Å². The number of carbonyl (C=O) groups is 1. The largest absolute Gasteiger partial charge is 0.418 e. The highest BCUT2D eigenvalue weighted by molar-refractivity contribution is 5.90. The molecule has 186 valence electrons. The first kappa shape index (κ1) is 25.7. The van der Waals surface area contributed by atoms with Gasteiger partial charge in [0.15, 0.2) is 11.6 Å². The van der Waals surface area contributed by atoms with E-state index >= 15 is 0 Å². The molecule has 1 aliphatic rings. The molecule has 0 saturated carbocycles. The van der Waals surface area contributed by atoms with E-state index in [4.69, 9.17) is 0 Å². The summed E-state index contributed by atoms with van der Waals surface area (Å²) in [5, 5.41) is 8.01. The fraction of sp³-hybridized carbons (Fsp3) is 0.522. The molecule has 7 nitrogen and oxygen atoms in total. The van der Waals surface area contributed by atoms with Crippen LogP contribution in [0.2, 0.25) is 0 Å². The molecule has 1 amide bonds. The van der Waals surface area contributed by atoms with Crippen LogP contribution >= 0.6 is 0 Å². The first-order chi connectivity index (χ1) is 15.6. The molecule has 0 aliphatic carbocycles. The third-order valence-electron chi connectivity index (χ3n) is 6.28. The molecule has 0 atom stereocenters. The summed E-state index contributed by atoms with van der Waals surface area (Å²) in [6, 6.07) is 3.26. The van der Waals surface area contributed by atoms with E-state index in [0.29, 0.717) is 0 Å². The number of hydrogen-bond donors (Lipinski definition) is 3. The lowest BCUT2D eigenvalue weighted by Crippen LogP contribution is -2.61. The molecule has 0 radical (unpaired) electrons. The molecule has 1 fully saturated rings. The van der Waals surface area contributed by atoms with Gasteiger partial charge < -0.3 is 16.0 Å². The van der Waals surface area contributed by atoms with Gasteiger partial charge in [-0.15, -0.1) is 0 Å². The number of benzene rings is 1. The van der Waals surface area contributed by atoms with Crippen LogP contribution in [0.25, 0.3) is 0 Å². The van der Waals surface area contributed by atoms with E-state index in [9.17, 15) is 22.4 Å². The zero-order valence-electron chi connectivity index (χ0n) is 20.1. The average Bonchev–Trinajstić information content (AvgIpc) is 2.68. The number of rotatable bonds is 5. The van der Waals surface area contributed by atoms with Gasteiger partial charge in [-0.3, -0.25) is 9.69 Å². The zero-order valence-corrected chi connectivity index (χ0v) is 20.1. The van der Waals surface area contributed by atoms with Crippen LogP contribution in [0.4, 0.5) is 40.7 Å². The summed E-state index contributed by atoms with van der Waals surface area (Å²) < 4.78 is 54.9. The lowest BCUT2D eigenvalue weighted by Gasteiger charge is -2.53. The van der Waals surface area contributed by atoms with Crippen LogP contribution in [0, 0.1) is 5.82 Å². The minimum absolute atomic E-state index is 0.0236. The highest BCUT2D eigenvalue weighted by Gasteiger charge is 2.43. The highest BCUT2D eigenvalue weighted by Crippen LogP contribution is 2.39. The Kier molecular flexibility index (Phi) is 6.80. The number of halogens is 4. The second-order valence-corrected chi connectivity index (χ2v) is 9.89. The summed E-state index contributed by atoms with van der Waals surface area (Å²) in [6.45, 7) is 9.60. The van der Waals surface area contributed by atoms with Gasteiger partial charge in [0, 0.05) is 29.7 Å². The smallest absolute Gasteiger partial charge is 0.365 e. The molecule has 3 rings (SSSR count). The van der Waals surface area contributed by atoms with Crippen LogP contribution in [-0.4, -0.2) is 44.9 Å². The van der Waals surface area contributed by atoms with E-state index in [1.165, 1.54) is 6.07 Å². The number of nitrogens with zero attached hydrogens (tertiary/aromatic N) is 3. The van der Waals surface area contributed by atoms with Crippen LogP contribution in [0.15, 0.2) is 24.4 Å². The summed E-state index contributed by atoms with van der Waals surface area (Å²) >= 11 is 0. The number of nitrogens with one attached hydrogen (secondary N) is 3. The predicted molar refractivity (Wildman–Crippen MR) is 124 cm³/mol. The maximum Gasteiger partial charge on any atom is 0.418 e. The molecular weight excluding hydrogens is 452 g/mol. The van der Waals surface area contributed by atoms with Crippen molar-refractivity contribution >= 4 is 29.0 Å². The monoisotopic (exact) mass is 482 g/mol. The van der Waals surface area contributed by atoms with Crippen molar-refractivity contribution in [3.8, 4) is 0 Å². The Morgan fingerprint density at radius 1 is 1.15 bits per heavy atom. The molecule has 2 heterocycles. The van der Waals surface area contributed by atoms with Gasteiger partial charge >= 0.3 is 6.18 Å². The van der Waals surface area contributed by atoms with E-state index in [1.807, 2.05) is 0 Å². The number of amides is 1. The van der Waals surface area contributed by atoms with Crippen molar-refractivity contribution in [1.82, 2.24) is 14.9 Å². The van der Waals surface area contributed by atoms with Gasteiger partial charge in [0.05, 0.1) is 17.4 Å². The molecule has 2 aromatic rings. The molecule has 11 heteroatoms. The predicted octanol–water partition coefficient (Wildman–Crippen LogP) is 5.40. The lowest BCUT2D eigenvalue weighted by atomic mass is 9.77. The van der Waals surface area contributed by atoms with Crippen LogP contribution in [0.1, 0.15) is 53.0 Å². The van der Waals surface area contributed by atoms with Crippen molar-refractivity contribution in [1.29, 1.82) is 0 Å². The third-order valence-corrected chi connectivity index (χ3v) is 6.28. The average molecular weight is 483 g/mol. The molecule has 1 aromatic heterocycles. The standard InChI is InChI=1S/C23H30F4N6O/c1-13(34)29-18-8-7-14(9-16(18)23(25,26)27)31-20-28-12-17(24)19(32-20)30-15-10-21(2,3)33(6)22(4,5)11-15/h7-9,12,15H,10-11H2,1-6H3,(H,29,34)(H2,28,30,31,32). The molecule has 34 heavy (non-hydrogen) atoms. The van der Waals surface area contributed by atoms with Gasteiger partial charge in [0.1, 0.15) is 0 Å². The van der Waals surface area contributed by atoms with Crippen molar-refractivity contribution in [2.45, 2.75) is 70.8 Å². The third kappa shape index (κ3) is 5.75. The van der Waals surface area contributed by atoms with Crippen molar-refractivity contribution in [2.75, 3.05) is 23.0 Å². The van der Waals surface area contributed by atoms with Gasteiger partial charge in [-0.2, -0.15) is 18.2 Å². The second kappa shape index (κ2) is 9.01. The van der Waals surface area contributed by atoms with Gasteiger partial charge in [-0.05, 0) is 65.8 Å². The van der Waals surface area contributed by atoms with Gasteiger partial charge in [-0.25, -0.2) is 9.37 Å². The van der Waals surface area contributed by atoms with Crippen molar-refractivity contribution in [3.63, 3.8) is 0 Å². The topological polar surface area (TPSA) is 82.2 Å². The Hall–Kier alpha value is -2.95. The number of hydrogen-bond acceptors (Lipinski definition) is 6. The van der Waals surface area contributed by atoms with Gasteiger partial charge in [0.2, 0.25) is 11.9 Å². The zero-order chi connectivity index (χ0) is 25.5. The minimum atomic E-state index is -4.69. The normalized spacial score (nSPS) is 18.4. The molecule has 1 saturated heterocycles. The van der Waals surface area contributed by atoms with Crippen molar-refractivity contribution in [3.05, 3.63) is 35.8 Å². The quantitative estimate of drug-likeness (QED) is 0.495. The van der Waals surface area contributed by atoms with E-state index in [2.05, 4.69) is 65.6 Å². The Balaban J connectivity index is 1.84. The summed E-state index contributed by atoms with van der Waals surface area (Å²) in [7, 11) is 2.07. The van der Waals surface area contributed by atoms with Crippen molar-refractivity contribution < 1.29 is 22.4 Å². The number of aromatic nitrogens is 2. The molecular formula is C23H30F4N6O. The van der Waals surface area contributed by atoms with Crippen LogP contribution in [0.3, 0.4) is 0 Å². The van der Waals surface area contributed by atoms with E-state index in [0.717, 1.165) is 38.1 Å². The number of anilines is 4. The Morgan fingerprint density at radius 2 is 1.76 bits per heavy atom. The van der Waals surface area contributed by atoms with E-state index in [-0.39, 0.29) is 40.3 Å². The molecule has 0 bridgehead atoms. The highest BCUT2D eigenvalue weighted by atomic mass is 19.4. The number of piperidine rings is 1. The van der Waals surface area contributed by atoms with Gasteiger partial charge in [-0.1, -0.05) is 0 Å². The van der Waals surface area contributed by atoms with Gasteiger partial charge in [0.25, 0.3) is 0 Å². The van der Waals surface area contributed by atoms with Crippen molar-refractivity contribution in [2.24, 2.45) is 0 Å².